The van der Waals surface area contributed by atoms with E-state index < -0.39 is 19.1 Å². The smallest absolute Gasteiger partial charge is 0.213 e. The lowest BCUT2D eigenvalue weighted by Gasteiger charge is -2.35. The Kier molecular flexibility index (Phi) is 5.24. The number of ether oxygens (including phenoxy) is 2. The molecule has 4 rings (SSSR count). The topological polar surface area (TPSA) is 35.5 Å². The molecule has 4 heteroatoms. The van der Waals surface area contributed by atoms with Crippen LogP contribution in [-0.4, -0.2) is 12.9 Å². The molecule has 2 unspecified atom stereocenters. The summed E-state index contributed by atoms with van der Waals surface area (Å²) in [4.78, 5) is 0. The van der Waals surface area contributed by atoms with Gasteiger partial charge in [-0.1, -0.05) is 91.0 Å². The molecule has 0 radical (unpaired) electrons. The molecule has 0 amide bonds. The average Bonchev–Trinajstić information content (AvgIpc) is 2.76. The van der Waals surface area contributed by atoms with Crippen LogP contribution in [0.4, 0.5) is 0 Å². The number of hydrogen-bond acceptors (Lipinski definition) is 3. The summed E-state index contributed by atoms with van der Waals surface area (Å²) in [5.74, 6) is 0. The Morgan fingerprint density at radius 1 is 0.778 bits per heavy atom. The second-order valence-corrected chi connectivity index (χ2v) is 9.30. The second-order valence-electron chi connectivity index (χ2n) is 6.39. The molecule has 0 fully saturated rings. The van der Waals surface area contributed by atoms with E-state index in [9.17, 15) is 4.57 Å². The fourth-order valence-electron chi connectivity index (χ4n) is 3.49. The highest BCUT2D eigenvalue weighted by molar-refractivity contribution is 7.79. The van der Waals surface area contributed by atoms with Crippen molar-refractivity contribution in [3.8, 4) is 0 Å². The summed E-state index contributed by atoms with van der Waals surface area (Å²) in [5, 5.41) is 1.60. The average molecular weight is 376 g/mol. The molecule has 0 N–H and O–H groups in total. The molecule has 0 aliphatic carbocycles. The van der Waals surface area contributed by atoms with Gasteiger partial charge in [-0.25, -0.2) is 0 Å². The molecule has 3 aromatic carbocycles. The van der Waals surface area contributed by atoms with Gasteiger partial charge in [0, 0.05) is 10.6 Å². The Hall–Kier alpha value is -2.61. The van der Waals surface area contributed by atoms with Crippen molar-refractivity contribution in [1.29, 1.82) is 0 Å². The molecule has 27 heavy (non-hydrogen) atoms. The third kappa shape index (κ3) is 3.49. The monoisotopic (exact) mass is 376 g/mol. The van der Waals surface area contributed by atoms with Crippen molar-refractivity contribution >= 4 is 17.8 Å². The zero-order chi connectivity index (χ0) is 18.5. The van der Waals surface area contributed by atoms with Crippen molar-refractivity contribution in [2.75, 3.05) is 6.61 Å². The lowest BCUT2D eigenvalue weighted by Crippen LogP contribution is -2.32. The molecule has 0 bridgehead atoms. The summed E-state index contributed by atoms with van der Waals surface area (Å²) >= 11 is 0. The normalized spacial score (nSPS) is 17.9. The highest BCUT2D eigenvalue weighted by atomic mass is 31.2. The number of benzene rings is 3. The second kappa shape index (κ2) is 7.96. The van der Waals surface area contributed by atoms with E-state index in [-0.39, 0.29) is 0 Å². The lowest BCUT2D eigenvalue weighted by molar-refractivity contribution is -0.112. The molecule has 1 aliphatic rings. The van der Waals surface area contributed by atoms with Crippen LogP contribution in [0.25, 0.3) is 0 Å². The van der Waals surface area contributed by atoms with Crippen LogP contribution in [0.15, 0.2) is 103 Å². The summed E-state index contributed by atoms with van der Waals surface area (Å²) < 4.78 is 26.5. The fraction of sp³-hybridized carbons (Fsp3) is 0.130. The van der Waals surface area contributed by atoms with Crippen molar-refractivity contribution in [1.82, 2.24) is 0 Å². The van der Waals surface area contributed by atoms with E-state index in [1.165, 1.54) is 0 Å². The quantitative estimate of drug-likeness (QED) is 0.609. The third-order valence-corrected chi connectivity index (χ3v) is 8.19. The Morgan fingerprint density at radius 3 is 1.78 bits per heavy atom. The van der Waals surface area contributed by atoms with Crippen molar-refractivity contribution in [2.45, 2.75) is 11.9 Å². The van der Waals surface area contributed by atoms with Crippen LogP contribution in [0.1, 0.15) is 11.2 Å². The van der Waals surface area contributed by atoms with Gasteiger partial charge < -0.3 is 14.0 Å². The first kappa shape index (κ1) is 17.8. The SMILES string of the molecule is O=P(c1ccccc1)(c1ccccc1)C(c1ccccc1)C1OC=CCO1. The minimum atomic E-state index is -3.11. The predicted molar refractivity (Wildman–Crippen MR) is 109 cm³/mol. The van der Waals surface area contributed by atoms with Crippen molar-refractivity contribution < 1.29 is 14.0 Å². The number of rotatable bonds is 5. The van der Waals surface area contributed by atoms with Gasteiger partial charge in [0.05, 0.1) is 12.9 Å². The minimum Gasteiger partial charge on any atom is -0.472 e. The van der Waals surface area contributed by atoms with Gasteiger partial charge in [0.1, 0.15) is 5.66 Å². The Balaban J connectivity index is 1.94. The van der Waals surface area contributed by atoms with Gasteiger partial charge in [-0.05, 0) is 11.6 Å². The number of hydrogen-bond donors (Lipinski definition) is 0. The van der Waals surface area contributed by atoms with E-state index >= 15 is 0 Å². The molecular weight excluding hydrogens is 355 g/mol. The molecule has 3 nitrogen and oxygen atoms in total. The van der Waals surface area contributed by atoms with Gasteiger partial charge >= 0.3 is 0 Å². The Bertz CT molecular complexity index is 896. The van der Waals surface area contributed by atoms with Crippen molar-refractivity contribution in [3.05, 3.63) is 109 Å². The summed E-state index contributed by atoms with van der Waals surface area (Å²) in [6.07, 6.45) is 2.84. The first-order chi connectivity index (χ1) is 13.3. The standard InChI is InChI=1S/C23H21O3P/c24-27(20-13-6-2-7-14-20,21-15-8-3-9-16-21)22(19-11-4-1-5-12-19)23-25-17-10-18-26-23/h1-17,22-23H,18H2. The maximum Gasteiger partial charge on any atom is 0.213 e. The Labute approximate surface area is 159 Å². The van der Waals surface area contributed by atoms with E-state index in [1.807, 2.05) is 97.1 Å². The molecule has 1 heterocycles. The summed E-state index contributed by atoms with van der Waals surface area (Å²) in [6, 6.07) is 29.2. The van der Waals surface area contributed by atoms with E-state index in [0.29, 0.717) is 6.61 Å². The summed E-state index contributed by atoms with van der Waals surface area (Å²) in [5.41, 5.74) is 0.488. The van der Waals surface area contributed by atoms with Crippen LogP contribution in [0.5, 0.6) is 0 Å². The van der Waals surface area contributed by atoms with Crippen LogP contribution in [0.3, 0.4) is 0 Å². The van der Waals surface area contributed by atoms with Gasteiger partial charge in [-0.2, -0.15) is 0 Å². The van der Waals surface area contributed by atoms with Crippen LogP contribution < -0.4 is 10.6 Å². The zero-order valence-corrected chi connectivity index (χ0v) is 15.7. The molecular formula is C23H21O3P. The van der Waals surface area contributed by atoms with Gasteiger partial charge in [-0.15, -0.1) is 0 Å². The van der Waals surface area contributed by atoms with Gasteiger partial charge in [0.25, 0.3) is 0 Å². The van der Waals surface area contributed by atoms with Crippen LogP contribution in [0, 0.1) is 0 Å². The van der Waals surface area contributed by atoms with Gasteiger partial charge in [-0.3, -0.25) is 0 Å². The van der Waals surface area contributed by atoms with Crippen LogP contribution in [0.2, 0.25) is 0 Å². The fourth-order valence-corrected chi connectivity index (χ4v) is 6.75. The molecule has 136 valence electrons. The van der Waals surface area contributed by atoms with Crippen molar-refractivity contribution in [3.63, 3.8) is 0 Å². The molecule has 0 spiro atoms. The van der Waals surface area contributed by atoms with Gasteiger partial charge in [0.15, 0.2) is 7.14 Å². The van der Waals surface area contributed by atoms with E-state index in [2.05, 4.69) is 0 Å². The maximum absolute atomic E-state index is 14.8. The van der Waals surface area contributed by atoms with E-state index in [4.69, 9.17) is 9.47 Å². The highest BCUT2D eigenvalue weighted by Crippen LogP contribution is 2.59. The van der Waals surface area contributed by atoms with Crippen LogP contribution in [-0.2, 0) is 14.0 Å². The third-order valence-electron chi connectivity index (χ3n) is 4.74. The van der Waals surface area contributed by atoms with E-state index in [0.717, 1.165) is 16.2 Å². The molecule has 0 saturated carbocycles. The first-order valence-corrected chi connectivity index (χ1v) is 10.8. The van der Waals surface area contributed by atoms with Crippen molar-refractivity contribution in [2.24, 2.45) is 0 Å². The summed E-state index contributed by atoms with van der Waals surface area (Å²) in [7, 11) is -3.11. The van der Waals surface area contributed by atoms with Crippen LogP contribution >= 0.6 is 7.14 Å². The largest absolute Gasteiger partial charge is 0.472 e. The zero-order valence-electron chi connectivity index (χ0n) is 14.8. The molecule has 0 aromatic heterocycles. The van der Waals surface area contributed by atoms with Gasteiger partial charge in [0.2, 0.25) is 6.29 Å². The molecule has 2 atom stereocenters. The summed E-state index contributed by atoms with van der Waals surface area (Å²) in [6.45, 7) is 0.442. The molecule has 3 aromatic rings. The van der Waals surface area contributed by atoms with E-state index in [1.54, 1.807) is 6.26 Å². The maximum atomic E-state index is 14.8. The molecule has 1 aliphatic heterocycles. The Morgan fingerprint density at radius 2 is 1.30 bits per heavy atom. The lowest BCUT2D eigenvalue weighted by atomic mass is 10.1. The predicted octanol–water partition coefficient (Wildman–Crippen LogP) is 4.63. The minimum absolute atomic E-state index is 0.442. The molecule has 0 saturated heterocycles. The first-order valence-electron chi connectivity index (χ1n) is 8.98. The highest BCUT2D eigenvalue weighted by Gasteiger charge is 2.44.